The maximum atomic E-state index is 11.4. The van der Waals surface area contributed by atoms with Crippen LogP contribution in [-0.2, 0) is 9.05 Å². The van der Waals surface area contributed by atoms with E-state index in [2.05, 4.69) is 0 Å². The van der Waals surface area contributed by atoms with Crippen LogP contribution in [0.25, 0.3) is 0 Å². The lowest BCUT2D eigenvalue weighted by atomic mass is 10.2. The fourth-order valence-corrected chi connectivity index (χ4v) is 2.93. The third-order valence-electron chi connectivity index (χ3n) is 2.72. The summed E-state index contributed by atoms with van der Waals surface area (Å²) < 4.78 is 28.1. The summed E-state index contributed by atoms with van der Waals surface area (Å²) >= 11 is 0. The molecule has 1 rings (SSSR count). The molecular formula is C12H17ClN2O5S. The van der Waals surface area contributed by atoms with Gasteiger partial charge in [0, 0.05) is 23.3 Å². The Balaban J connectivity index is 3.04. The minimum atomic E-state index is -4.04. The molecule has 0 saturated heterocycles. The summed E-state index contributed by atoms with van der Waals surface area (Å²) in [6, 6.07) is 2.25. The number of hydrogen-bond donors (Lipinski definition) is 0. The Morgan fingerprint density at radius 1 is 1.38 bits per heavy atom. The first-order chi connectivity index (χ1) is 9.62. The average Bonchev–Trinajstić information content (AvgIpc) is 2.32. The second-order valence-electron chi connectivity index (χ2n) is 4.79. The number of ether oxygens (including phenoxy) is 1. The van der Waals surface area contributed by atoms with Crippen molar-refractivity contribution in [3.05, 3.63) is 27.8 Å². The van der Waals surface area contributed by atoms with Gasteiger partial charge in [-0.3, -0.25) is 10.1 Å². The first kappa shape index (κ1) is 17.7. The molecule has 7 nitrogen and oxygen atoms in total. The summed E-state index contributed by atoms with van der Waals surface area (Å²) in [4.78, 5) is 12.0. The van der Waals surface area contributed by atoms with Crippen LogP contribution in [0.2, 0.25) is 0 Å². The largest absolute Gasteiger partial charge is 0.487 e. The lowest BCUT2D eigenvalue weighted by Gasteiger charge is -2.12. The Morgan fingerprint density at radius 2 is 2.00 bits per heavy atom. The van der Waals surface area contributed by atoms with Crippen molar-refractivity contribution in [2.75, 3.05) is 27.2 Å². The molecule has 0 aromatic heterocycles. The van der Waals surface area contributed by atoms with Crippen molar-refractivity contribution >= 4 is 25.4 Å². The fraction of sp³-hybridized carbons (Fsp3) is 0.500. The Kier molecular flexibility index (Phi) is 5.94. The molecule has 0 N–H and O–H groups in total. The zero-order valence-corrected chi connectivity index (χ0v) is 13.6. The summed E-state index contributed by atoms with van der Waals surface area (Å²) in [5.41, 5.74) is -0.108. The van der Waals surface area contributed by atoms with E-state index < -0.39 is 19.7 Å². The van der Waals surface area contributed by atoms with E-state index in [-0.39, 0.29) is 10.6 Å². The Bertz CT molecular complexity index is 631. The summed E-state index contributed by atoms with van der Waals surface area (Å²) in [7, 11) is 5.04. The third kappa shape index (κ3) is 5.14. The van der Waals surface area contributed by atoms with Gasteiger partial charge in [-0.05, 0) is 39.1 Å². The molecule has 0 spiro atoms. The minimum Gasteiger partial charge on any atom is -0.487 e. The molecule has 118 valence electrons. The predicted octanol–water partition coefficient (Wildman–Crippen LogP) is 2.16. The number of nitro groups is 1. The number of halogens is 1. The SMILES string of the molecule is Cc1cc(OCCCN(C)C)c([N+](=O)[O-])cc1S(=O)(=O)Cl. The Morgan fingerprint density at radius 3 is 2.48 bits per heavy atom. The first-order valence-electron chi connectivity index (χ1n) is 6.14. The maximum Gasteiger partial charge on any atom is 0.312 e. The molecule has 0 aliphatic carbocycles. The molecule has 1 aromatic carbocycles. The van der Waals surface area contributed by atoms with Gasteiger partial charge in [0.2, 0.25) is 0 Å². The van der Waals surface area contributed by atoms with Crippen molar-refractivity contribution in [2.45, 2.75) is 18.2 Å². The van der Waals surface area contributed by atoms with Crippen molar-refractivity contribution in [3.8, 4) is 5.75 Å². The van der Waals surface area contributed by atoms with E-state index in [4.69, 9.17) is 15.4 Å². The van der Waals surface area contributed by atoms with Crippen LogP contribution in [0.4, 0.5) is 5.69 Å². The monoisotopic (exact) mass is 336 g/mol. The molecule has 0 amide bonds. The van der Waals surface area contributed by atoms with Gasteiger partial charge < -0.3 is 9.64 Å². The normalized spacial score (nSPS) is 11.7. The minimum absolute atomic E-state index is 0.0420. The topological polar surface area (TPSA) is 89.8 Å². The fourth-order valence-electron chi connectivity index (χ4n) is 1.73. The number of hydrogen-bond acceptors (Lipinski definition) is 6. The molecule has 9 heteroatoms. The highest BCUT2D eigenvalue weighted by Gasteiger charge is 2.23. The van der Waals surface area contributed by atoms with Crippen molar-refractivity contribution in [1.82, 2.24) is 4.90 Å². The van der Waals surface area contributed by atoms with E-state index in [1.54, 1.807) is 0 Å². The number of rotatable bonds is 7. The van der Waals surface area contributed by atoms with Crippen LogP contribution in [0.1, 0.15) is 12.0 Å². The number of nitrogens with zero attached hydrogens (tertiary/aromatic N) is 2. The molecular weight excluding hydrogens is 320 g/mol. The van der Waals surface area contributed by atoms with E-state index >= 15 is 0 Å². The highest BCUT2D eigenvalue weighted by molar-refractivity contribution is 8.13. The van der Waals surface area contributed by atoms with Crippen LogP contribution in [0, 0.1) is 17.0 Å². The standard InChI is InChI=1S/C12H17ClN2O5S/c1-9-7-11(20-6-4-5-14(2)3)10(15(16)17)8-12(9)21(13,18)19/h7-8H,4-6H2,1-3H3. The number of nitro benzene ring substituents is 1. The van der Waals surface area contributed by atoms with Crippen LogP contribution in [0.3, 0.4) is 0 Å². The Labute approximate surface area is 128 Å². The molecule has 0 aliphatic rings. The Hall–Kier alpha value is -1.38. The van der Waals surface area contributed by atoms with Crippen LogP contribution >= 0.6 is 10.7 Å². The van der Waals surface area contributed by atoms with Gasteiger partial charge in [-0.15, -0.1) is 0 Å². The van der Waals surface area contributed by atoms with Gasteiger partial charge in [-0.25, -0.2) is 8.42 Å². The lowest BCUT2D eigenvalue weighted by Crippen LogP contribution is -2.15. The molecule has 0 aliphatic heterocycles. The van der Waals surface area contributed by atoms with Gasteiger partial charge in [0.05, 0.1) is 16.4 Å². The predicted molar refractivity (Wildman–Crippen MR) is 79.5 cm³/mol. The molecule has 1 aromatic rings. The van der Waals surface area contributed by atoms with Gasteiger partial charge in [-0.1, -0.05) is 0 Å². The second kappa shape index (κ2) is 7.06. The van der Waals surface area contributed by atoms with Crippen LogP contribution in [-0.4, -0.2) is 45.5 Å². The van der Waals surface area contributed by atoms with Crippen LogP contribution < -0.4 is 4.74 Å². The summed E-state index contributed by atoms with van der Waals surface area (Å²) in [5, 5.41) is 11.0. The molecule has 0 heterocycles. The zero-order chi connectivity index (χ0) is 16.2. The van der Waals surface area contributed by atoms with E-state index in [1.807, 2.05) is 19.0 Å². The van der Waals surface area contributed by atoms with Crippen molar-refractivity contribution in [2.24, 2.45) is 0 Å². The third-order valence-corrected chi connectivity index (χ3v) is 4.19. The lowest BCUT2D eigenvalue weighted by molar-refractivity contribution is -0.386. The van der Waals surface area contributed by atoms with Crippen molar-refractivity contribution in [3.63, 3.8) is 0 Å². The molecule has 0 radical (unpaired) electrons. The summed E-state index contributed by atoms with van der Waals surface area (Å²) in [5.74, 6) is 0.0420. The van der Waals surface area contributed by atoms with Gasteiger partial charge in [0.15, 0.2) is 5.75 Å². The van der Waals surface area contributed by atoms with Gasteiger partial charge in [-0.2, -0.15) is 0 Å². The van der Waals surface area contributed by atoms with Gasteiger partial charge >= 0.3 is 5.69 Å². The van der Waals surface area contributed by atoms with E-state index in [9.17, 15) is 18.5 Å². The number of aryl methyl sites for hydroxylation is 1. The van der Waals surface area contributed by atoms with Crippen LogP contribution in [0.5, 0.6) is 5.75 Å². The molecule has 0 unspecified atom stereocenters. The van der Waals surface area contributed by atoms with E-state index in [0.717, 1.165) is 12.6 Å². The molecule has 0 fully saturated rings. The van der Waals surface area contributed by atoms with E-state index in [0.29, 0.717) is 18.6 Å². The first-order valence-corrected chi connectivity index (χ1v) is 8.45. The smallest absolute Gasteiger partial charge is 0.312 e. The highest BCUT2D eigenvalue weighted by Crippen LogP contribution is 2.33. The summed E-state index contributed by atoms with van der Waals surface area (Å²) in [6.07, 6.45) is 0.693. The van der Waals surface area contributed by atoms with Gasteiger partial charge in [0.1, 0.15) is 0 Å². The molecule has 21 heavy (non-hydrogen) atoms. The van der Waals surface area contributed by atoms with Crippen LogP contribution in [0.15, 0.2) is 17.0 Å². The van der Waals surface area contributed by atoms with Crippen molar-refractivity contribution in [1.29, 1.82) is 0 Å². The van der Waals surface area contributed by atoms with Crippen molar-refractivity contribution < 1.29 is 18.1 Å². The molecule has 0 atom stereocenters. The molecule has 0 bridgehead atoms. The van der Waals surface area contributed by atoms with E-state index in [1.165, 1.54) is 13.0 Å². The zero-order valence-electron chi connectivity index (χ0n) is 12.0. The van der Waals surface area contributed by atoms with Gasteiger partial charge in [0.25, 0.3) is 9.05 Å². The summed E-state index contributed by atoms with van der Waals surface area (Å²) in [6.45, 7) is 2.58. The quantitative estimate of drug-likeness (QED) is 0.328. The average molecular weight is 337 g/mol. The number of benzene rings is 1. The maximum absolute atomic E-state index is 11.4. The highest BCUT2D eigenvalue weighted by atomic mass is 35.7. The second-order valence-corrected chi connectivity index (χ2v) is 7.32. The molecule has 0 saturated carbocycles.